The van der Waals surface area contributed by atoms with E-state index in [1.165, 1.54) is 18.2 Å². The van der Waals surface area contributed by atoms with E-state index in [4.69, 9.17) is 27.9 Å². The van der Waals surface area contributed by atoms with Crippen molar-refractivity contribution in [3.8, 4) is 11.8 Å². The van der Waals surface area contributed by atoms with Crippen molar-refractivity contribution in [2.45, 2.75) is 11.5 Å². The maximum atomic E-state index is 12.7. The molecule has 0 radical (unpaired) electrons. The van der Waals surface area contributed by atoms with Gasteiger partial charge in [0.15, 0.2) is 0 Å². The van der Waals surface area contributed by atoms with Crippen molar-refractivity contribution >= 4 is 39.1 Å². The molecule has 3 rings (SSSR count). The second kappa shape index (κ2) is 9.15. The Kier molecular flexibility index (Phi) is 6.60. The van der Waals surface area contributed by atoms with Crippen LogP contribution >= 0.6 is 23.2 Å². The number of benzene rings is 3. The van der Waals surface area contributed by atoms with Crippen molar-refractivity contribution in [3.05, 3.63) is 98.9 Å². The lowest BCUT2D eigenvalue weighted by Crippen LogP contribution is -2.03. The first-order valence-corrected chi connectivity index (χ1v) is 10.7. The molecular weight excluding hydrogens is 429 g/mol. The number of ether oxygens (including phenoxy) is 1. The summed E-state index contributed by atoms with van der Waals surface area (Å²) in [5, 5.41) is 10.4. The molecule has 29 heavy (non-hydrogen) atoms. The van der Waals surface area contributed by atoms with E-state index in [9.17, 15) is 13.7 Å². The number of nitriles is 1. The number of hydrogen-bond donors (Lipinski definition) is 0. The number of allylic oxidation sites excluding steroid dienone is 1. The Morgan fingerprint density at radius 2 is 1.76 bits per heavy atom. The minimum absolute atomic E-state index is 0.0672. The SMILES string of the molecule is N#C/C(=C\c1cccc(OCc2ccc(Cl)cc2Cl)c1)S(=O)(=O)c1ccccc1. The third-order valence-electron chi connectivity index (χ3n) is 4.02. The molecule has 0 heterocycles. The van der Waals surface area contributed by atoms with Gasteiger partial charge in [-0.15, -0.1) is 0 Å². The molecule has 0 aromatic heterocycles. The Labute approximate surface area is 179 Å². The van der Waals surface area contributed by atoms with Crippen molar-refractivity contribution in [1.82, 2.24) is 0 Å². The van der Waals surface area contributed by atoms with E-state index in [2.05, 4.69) is 0 Å². The van der Waals surface area contributed by atoms with Crippen LogP contribution in [0.2, 0.25) is 10.0 Å². The van der Waals surface area contributed by atoms with Crippen LogP contribution in [-0.2, 0) is 16.4 Å². The normalized spacial score (nSPS) is 11.7. The zero-order valence-electron chi connectivity index (χ0n) is 15.0. The van der Waals surface area contributed by atoms with Crippen LogP contribution in [0.4, 0.5) is 0 Å². The first kappa shape index (κ1) is 20.9. The Morgan fingerprint density at radius 1 is 1.00 bits per heavy atom. The fourth-order valence-corrected chi connectivity index (χ4v) is 4.19. The van der Waals surface area contributed by atoms with Gasteiger partial charge in [-0.25, -0.2) is 8.42 Å². The highest BCUT2D eigenvalue weighted by Crippen LogP contribution is 2.25. The van der Waals surface area contributed by atoms with Gasteiger partial charge in [0.2, 0.25) is 9.84 Å². The topological polar surface area (TPSA) is 67.2 Å². The highest BCUT2D eigenvalue weighted by atomic mass is 35.5. The minimum atomic E-state index is -3.90. The van der Waals surface area contributed by atoms with Crippen molar-refractivity contribution < 1.29 is 13.2 Å². The maximum Gasteiger partial charge on any atom is 0.216 e. The summed E-state index contributed by atoms with van der Waals surface area (Å²) in [6.45, 7) is 0.219. The number of nitrogens with zero attached hydrogens (tertiary/aromatic N) is 1. The van der Waals surface area contributed by atoms with E-state index in [0.717, 1.165) is 5.56 Å². The Balaban J connectivity index is 1.83. The maximum absolute atomic E-state index is 12.7. The van der Waals surface area contributed by atoms with Gasteiger partial charge in [0, 0.05) is 15.6 Å². The molecule has 0 aliphatic rings. The molecule has 0 aliphatic carbocycles. The van der Waals surface area contributed by atoms with Crippen molar-refractivity contribution in [1.29, 1.82) is 5.26 Å². The molecular formula is C22H15Cl2NO3S. The van der Waals surface area contributed by atoms with Gasteiger partial charge < -0.3 is 4.74 Å². The van der Waals surface area contributed by atoms with E-state index in [1.54, 1.807) is 66.7 Å². The molecule has 0 bridgehead atoms. The van der Waals surface area contributed by atoms with Gasteiger partial charge >= 0.3 is 0 Å². The van der Waals surface area contributed by atoms with Crippen LogP contribution in [-0.4, -0.2) is 8.42 Å². The monoisotopic (exact) mass is 443 g/mol. The molecule has 146 valence electrons. The Hall–Kier alpha value is -2.78. The highest BCUT2D eigenvalue weighted by Gasteiger charge is 2.20. The van der Waals surface area contributed by atoms with Gasteiger partial charge in [0.25, 0.3) is 0 Å². The summed E-state index contributed by atoms with van der Waals surface area (Å²) in [6, 6.07) is 21.5. The highest BCUT2D eigenvalue weighted by molar-refractivity contribution is 7.95. The lowest BCUT2D eigenvalue weighted by molar-refractivity contribution is 0.306. The summed E-state index contributed by atoms with van der Waals surface area (Å²) < 4.78 is 31.1. The first-order valence-electron chi connectivity index (χ1n) is 8.49. The van der Waals surface area contributed by atoms with E-state index < -0.39 is 9.84 Å². The fraction of sp³-hybridized carbons (Fsp3) is 0.0455. The molecule has 3 aromatic rings. The van der Waals surface area contributed by atoms with Gasteiger partial charge in [-0.3, -0.25) is 0 Å². The summed E-state index contributed by atoms with van der Waals surface area (Å²) in [5.41, 5.74) is 1.29. The van der Waals surface area contributed by atoms with Crippen LogP contribution in [0.25, 0.3) is 6.08 Å². The molecule has 0 saturated carbocycles. The predicted octanol–water partition coefficient (Wildman–Crippen LogP) is 5.91. The second-order valence-corrected chi connectivity index (χ2v) is 8.80. The van der Waals surface area contributed by atoms with Crippen molar-refractivity contribution in [3.63, 3.8) is 0 Å². The molecule has 7 heteroatoms. The molecule has 0 fully saturated rings. The zero-order valence-corrected chi connectivity index (χ0v) is 17.4. The lowest BCUT2D eigenvalue weighted by atomic mass is 10.2. The average Bonchev–Trinajstić information content (AvgIpc) is 2.72. The van der Waals surface area contributed by atoms with Gasteiger partial charge in [0.05, 0.1) is 4.90 Å². The van der Waals surface area contributed by atoms with Gasteiger partial charge in [-0.2, -0.15) is 5.26 Å². The standard InChI is InChI=1S/C22H15Cl2NO3S/c23-18-10-9-17(22(24)13-18)15-28-19-6-4-5-16(11-19)12-21(14-25)29(26,27)20-7-2-1-3-8-20/h1-13H,15H2/b21-12+. The third kappa shape index (κ3) is 5.18. The van der Waals surface area contributed by atoms with Crippen LogP contribution in [0, 0.1) is 11.3 Å². The van der Waals surface area contributed by atoms with Gasteiger partial charge in [-0.1, -0.05) is 59.6 Å². The molecule has 4 nitrogen and oxygen atoms in total. The van der Waals surface area contributed by atoms with Crippen molar-refractivity contribution in [2.24, 2.45) is 0 Å². The fourth-order valence-electron chi connectivity index (χ4n) is 2.54. The van der Waals surface area contributed by atoms with Crippen LogP contribution < -0.4 is 4.74 Å². The Bertz CT molecular complexity index is 1200. The number of halogens is 2. The number of sulfone groups is 1. The second-order valence-electron chi connectivity index (χ2n) is 6.03. The smallest absolute Gasteiger partial charge is 0.216 e. The zero-order chi connectivity index (χ0) is 20.9. The predicted molar refractivity (Wildman–Crippen MR) is 114 cm³/mol. The van der Waals surface area contributed by atoms with Crippen LogP contribution in [0.5, 0.6) is 5.75 Å². The van der Waals surface area contributed by atoms with E-state index in [-0.39, 0.29) is 16.4 Å². The Morgan fingerprint density at radius 3 is 2.45 bits per heavy atom. The molecule has 3 aromatic carbocycles. The van der Waals surface area contributed by atoms with Crippen LogP contribution in [0.15, 0.2) is 82.6 Å². The molecule has 0 amide bonds. The third-order valence-corrected chi connectivity index (χ3v) is 6.29. The molecule has 0 aliphatic heterocycles. The lowest BCUT2D eigenvalue weighted by Gasteiger charge is -2.09. The molecule has 0 saturated heterocycles. The van der Waals surface area contributed by atoms with Gasteiger partial charge in [-0.05, 0) is 48.0 Å². The van der Waals surface area contributed by atoms with Crippen LogP contribution in [0.1, 0.15) is 11.1 Å². The summed E-state index contributed by atoms with van der Waals surface area (Å²) in [5.74, 6) is 0.513. The van der Waals surface area contributed by atoms with E-state index in [0.29, 0.717) is 21.4 Å². The first-order chi connectivity index (χ1) is 13.9. The molecule has 0 N–H and O–H groups in total. The quantitative estimate of drug-likeness (QED) is 0.444. The molecule has 0 spiro atoms. The van der Waals surface area contributed by atoms with E-state index in [1.807, 2.05) is 0 Å². The summed E-state index contributed by atoms with van der Waals surface area (Å²) in [6.07, 6.45) is 1.32. The number of rotatable bonds is 6. The largest absolute Gasteiger partial charge is 0.489 e. The summed E-state index contributed by atoms with van der Waals surface area (Å²) in [7, 11) is -3.90. The molecule has 0 atom stereocenters. The molecule has 0 unspecified atom stereocenters. The minimum Gasteiger partial charge on any atom is -0.489 e. The average molecular weight is 444 g/mol. The summed E-state index contributed by atoms with van der Waals surface area (Å²) in [4.78, 5) is -0.279. The van der Waals surface area contributed by atoms with Gasteiger partial charge in [0.1, 0.15) is 23.3 Å². The number of hydrogen-bond acceptors (Lipinski definition) is 4. The summed E-state index contributed by atoms with van der Waals surface area (Å²) >= 11 is 12.0. The van der Waals surface area contributed by atoms with E-state index >= 15 is 0 Å². The van der Waals surface area contributed by atoms with Crippen molar-refractivity contribution in [2.75, 3.05) is 0 Å². The van der Waals surface area contributed by atoms with Crippen LogP contribution in [0.3, 0.4) is 0 Å².